The quantitative estimate of drug-likeness (QED) is 0.476. The first kappa shape index (κ1) is 21.2. The van der Waals surface area contributed by atoms with Gasteiger partial charge in [0.05, 0.1) is 35.0 Å². The molecule has 1 N–H and O–H groups in total. The smallest absolute Gasteiger partial charge is 0.427 e. The van der Waals surface area contributed by atoms with Crippen LogP contribution in [0.25, 0.3) is 0 Å². The summed E-state index contributed by atoms with van der Waals surface area (Å²) in [5.74, 6) is 0.840. The Morgan fingerprint density at radius 3 is 2.56 bits per heavy atom. The van der Waals surface area contributed by atoms with Crippen molar-refractivity contribution in [2.24, 2.45) is 5.10 Å². The molecule has 0 spiro atoms. The Hall–Kier alpha value is -2.15. The highest BCUT2D eigenvalue weighted by atomic mass is 35.5. The molecule has 0 atom stereocenters. The van der Waals surface area contributed by atoms with E-state index < -0.39 is 6.09 Å². The first-order chi connectivity index (χ1) is 12.9. The summed E-state index contributed by atoms with van der Waals surface area (Å²) in [6.07, 6.45) is 0.734. The first-order valence-corrected chi connectivity index (χ1v) is 8.98. The molecule has 0 aliphatic carbocycles. The third kappa shape index (κ3) is 6.20. The van der Waals surface area contributed by atoms with Crippen LogP contribution in [0, 0.1) is 0 Å². The van der Waals surface area contributed by atoms with E-state index in [1.165, 1.54) is 13.3 Å². The number of methoxy groups -OCH3 is 1. The Morgan fingerprint density at radius 2 is 1.89 bits per heavy atom. The average Bonchev–Trinajstić information content (AvgIpc) is 2.64. The van der Waals surface area contributed by atoms with E-state index in [0.29, 0.717) is 38.7 Å². The fourth-order valence-corrected chi connectivity index (χ4v) is 2.65. The maximum absolute atomic E-state index is 11.0. The zero-order chi connectivity index (χ0) is 19.8. The number of amides is 1. The molecule has 0 bridgehead atoms. The summed E-state index contributed by atoms with van der Waals surface area (Å²) >= 11 is 18.3. The maximum Gasteiger partial charge on any atom is 0.427 e. The molecule has 144 valence electrons. The normalized spacial score (nSPS) is 10.7. The molecular weight excluding hydrogens is 415 g/mol. The molecular formula is C18H17Cl3N2O4. The summed E-state index contributed by atoms with van der Waals surface area (Å²) in [6, 6.07) is 8.56. The number of ether oxygens (including phenoxy) is 3. The van der Waals surface area contributed by atoms with Gasteiger partial charge in [-0.05, 0) is 42.3 Å². The summed E-state index contributed by atoms with van der Waals surface area (Å²) in [4.78, 5) is 11.0. The van der Waals surface area contributed by atoms with Crippen molar-refractivity contribution in [1.29, 1.82) is 0 Å². The second kappa shape index (κ2) is 10.3. The van der Waals surface area contributed by atoms with Gasteiger partial charge in [-0.25, -0.2) is 10.2 Å². The number of halogens is 3. The van der Waals surface area contributed by atoms with Gasteiger partial charge in [0.25, 0.3) is 0 Å². The van der Waals surface area contributed by atoms with Crippen molar-refractivity contribution in [2.45, 2.75) is 13.5 Å². The minimum absolute atomic E-state index is 0.230. The molecule has 2 aromatic rings. The van der Waals surface area contributed by atoms with E-state index in [9.17, 15) is 4.79 Å². The van der Waals surface area contributed by atoms with Gasteiger partial charge in [-0.2, -0.15) is 5.10 Å². The Morgan fingerprint density at radius 1 is 1.11 bits per heavy atom. The number of nitrogens with zero attached hydrogens (tertiary/aromatic N) is 1. The first-order valence-electron chi connectivity index (χ1n) is 7.84. The summed E-state index contributed by atoms with van der Waals surface area (Å²) in [5, 5.41) is 5.01. The van der Waals surface area contributed by atoms with E-state index in [4.69, 9.17) is 44.3 Å². The highest BCUT2D eigenvalue weighted by molar-refractivity contribution is 6.42. The largest absolute Gasteiger partial charge is 0.490 e. The molecule has 0 aliphatic rings. The highest BCUT2D eigenvalue weighted by Gasteiger charge is 2.13. The lowest BCUT2D eigenvalue weighted by atomic mass is 10.2. The monoisotopic (exact) mass is 430 g/mol. The van der Waals surface area contributed by atoms with Gasteiger partial charge in [0, 0.05) is 0 Å². The Kier molecular flexibility index (Phi) is 8.03. The van der Waals surface area contributed by atoms with Crippen molar-refractivity contribution < 1.29 is 19.0 Å². The standard InChI is InChI=1S/C18H17Cl3N2O4/c1-3-26-16-8-12(9-22-23-18(24)25-2)7-15(21)17(16)27-10-11-4-5-13(19)14(20)6-11/h4-9H,3,10H2,1-2H3,(H,23,24)/b22-9-. The van der Waals surface area contributed by atoms with Gasteiger partial charge in [-0.15, -0.1) is 0 Å². The lowest BCUT2D eigenvalue weighted by Crippen LogP contribution is -2.16. The van der Waals surface area contributed by atoms with Crippen LogP contribution in [0.3, 0.4) is 0 Å². The Labute approximate surface area is 172 Å². The van der Waals surface area contributed by atoms with Crippen LogP contribution >= 0.6 is 34.8 Å². The van der Waals surface area contributed by atoms with E-state index in [1.54, 1.807) is 24.3 Å². The van der Waals surface area contributed by atoms with Crippen LogP contribution in [0.4, 0.5) is 4.79 Å². The molecule has 6 nitrogen and oxygen atoms in total. The molecule has 0 aliphatic heterocycles. The summed E-state index contributed by atoms with van der Waals surface area (Å²) < 4.78 is 15.9. The van der Waals surface area contributed by atoms with Crippen LogP contribution in [0.5, 0.6) is 11.5 Å². The SMILES string of the molecule is CCOc1cc(/C=N\NC(=O)OC)cc(Cl)c1OCc1ccc(Cl)c(Cl)c1. The predicted octanol–water partition coefficient (Wildman–Crippen LogP) is 5.31. The fourth-order valence-electron chi connectivity index (χ4n) is 2.06. The molecule has 9 heteroatoms. The third-order valence-corrected chi connectivity index (χ3v) is 4.27. The van der Waals surface area contributed by atoms with Crippen molar-refractivity contribution in [3.05, 3.63) is 56.5 Å². The van der Waals surface area contributed by atoms with Gasteiger partial charge in [0.2, 0.25) is 0 Å². The minimum atomic E-state index is -0.677. The Balaban J connectivity index is 2.19. The van der Waals surface area contributed by atoms with Crippen molar-refractivity contribution in [3.8, 4) is 11.5 Å². The van der Waals surface area contributed by atoms with E-state index in [2.05, 4.69) is 15.3 Å². The zero-order valence-electron chi connectivity index (χ0n) is 14.6. The lowest BCUT2D eigenvalue weighted by Gasteiger charge is -2.14. The van der Waals surface area contributed by atoms with E-state index in [0.717, 1.165) is 5.56 Å². The Bertz CT molecular complexity index is 844. The van der Waals surface area contributed by atoms with Crippen LogP contribution in [0.15, 0.2) is 35.4 Å². The number of carbonyl (C=O) groups excluding carboxylic acids is 1. The highest BCUT2D eigenvalue weighted by Crippen LogP contribution is 2.37. The van der Waals surface area contributed by atoms with Crippen LogP contribution in [0.2, 0.25) is 15.1 Å². The number of benzene rings is 2. The third-order valence-electron chi connectivity index (χ3n) is 3.25. The van der Waals surface area contributed by atoms with Crippen molar-refractivity contribution in [2.75, 3.05) is 13.7 Å². The predicted molar refractivity (Wildman–Crippen MR) is 107 cm³/mol. The number of hydrazone groups is 1. The zero-order valence-corrected chi connectivity index (χ0v) is 16.9. The molecule has 0 heterocycles. The molecule has 0 fully saturated rings. The number of hydrogen-bond acceptors (Lipinski definition) is 5. The van der Waals surface area contributed by atoms with Gasteiger partial charge in [-0.1, -0.05) is 40.9 Å². The molecule has 0 radical (unpaired) electrons. The fraction of sp³-hybridized carbons (Fsp3) is 0.222. The van der Waals surface area contributed by atoms with Gasteiger partial charge < -0.3 is 14.2 Å². The van der Waals surface area contributed by atoms with Gasteiger partial charge in [-0.3, -0.25) is 0 Å². The molecule has 0 aromatic heterocycles. The minimum Gasteiger partial charge on any atom is -0.490 e. The van der Waals surface area contributed by atoms with Crippen LogP contribution in [0.1, 0.15) is 18.1 Å². The maximum atomic E-state index is 11.0. The average molecular weight is 432 g/mol. The molecule has 1 amide bonds. The topological polar surface area (TPSA) is 69.2 Å². The van der Waals surface area contributed by atoms with Crippen LogP contribution in [-0.4, -0.2) is 26.0 Å². The van der Waals surface area contributed by atoms with E-state index in [-0.39, 0.29) is 6.61 Å². The van der Waals surface area contributed by atoms with Crippen molar-refractivity contribution in [1.82, 2.24) is 5.43 Å². The van der Waals surface area contributed by atoms with E-state index >= 15 is 0 Å². The van der Waals surface area contributed by atoms with Crippen LogP contribution in [-0.2, 0) is 11.3 Å². The molecule has 0 unspecified atom stereocenters. The van der Waals surface area contributed by atoms with Crippen molar-refractivity contribution in [3.63, 3.8) is 0 Å². The number of rotatable bonds is 7. The van der Waals surface area contributed by atoms with Crippen LogP contribution < -0.4 is 14.9 Å². The second-order valence-corrected chi connectivity index (χ2v) is 6.38. The molecule has 2 aromatic carbocycles. The summed E-state index contributed by atoms with van der Waals surface area (Å²) in [7, 11) is 1.24. The molecule has 0 saturated heterocycles. The molecule has 2 rings (SSSR count). The molecule has 0 saturated carbocycles. The van der Waals surface area contributed by atoms with Crippen molar-refractivity contribution >= 4 is 47.1 Å². The van der Waals surface area contributed by atoms with Gasteiger partial charge >= 0.3 is 6.09 Å². The second-order valence-electron chi connectivity index (χ2n) is 5.16. The number of carbonyl (C=O) groups is 1. The van der Waals surface area contributed by atoms with Gasteiger partial charge in [0.15, 0.2) is 11.5 Å². The number of nitrogens with one attached hydrogen (secondary N) is 1. The lowest BCUT2D eigenvalue weighted by molar-refractivity contribution is 0.171. The molecule has 27 heavy (non-hydrogen) atoms. The summed E-state index contributed by atoms with van der Waals surface area (Å²) in [6.45, 7) is 2.49. The van der Waals surface area contributed by atoms with Gasteiger partial charge in [0.1, 0.15) is 6.61 Å². The van der Waals surface area contributed by atoms with E-state index in [1.807, 2.05) is 13.0 Å². The number of hydrogen-bond donors (Lipinski definition) is 1. The summed E-state index contributed by atoms with van der Waals surface area (Å²) in [5.41, 5.74) is 3.63.